The summed E-state index contributed by atoms with van der Waals surface area (Å²) in [6, 6.07) is 8.95. The second kappa shape index (κ2) is 5.49. The van der Waals surface area contributed by atoms with E-state index in [4.69, 9.17) is 10.5 Å². The molecule has 1 fully saturated rings. The van der Waals surface area contributed by atoms with Gasteiger partial charge in [-0.1, -0.05) is 28.1 Å². The summed E-state index contributed by atoms with van der Waals surface area (Å²) >= 11 is 3.38. The SMILES string of the molecule is COC(=O)[C@]1(c2ccc(Br)cc2)C[C@@H]1c1cc(=O)n(C)c(N)n1. The van der Waals surface area contributed by atoms with Crippen LogP contribution in [0.1, 0.15) is 23.6 Å². The van der Waals surface area contributed by atoms with Crippen LogP contribution in [0, 0.1) is 0 Å². The van der Waals surface area contributed by atoms with E-state index in [0.717, 1.165) is 10.0 Å². The number of ether oxygens (including phenoxy) is 1. The third kappa shape index (κ3) is 2.45. The zero-order chi connectivity index (χ0) is 16.8. The molecule has 0 bridgehead atoms. The van der Waals surface area contributed by atoms with Crippen LogP contribution >= 0.6 is 15.9 Å². The average Bonchev–Trinajstić information content (AvgIpc) is 3.29. The van der Waals surface area contributed by atoms with Gasteiger partial charge in [-0.15, -0.1) is 0 Å². The Hall–Kier alpha value is -2.15. The Morgan fingerprint density at radius 1 is 1.43 bits per heavy atom. The van der Waals surface area contributed by atoms with Crippen LogP contribution in [0.2, 0.25) is 0 Å². The Labute approximate surface area is 141 Å². The summed E-state index contributed by atoms with van der Waals surface area (Å²) in [4.78, 5) is 28.6. The summed E-state index contributed by atoms with van der Waals surface area (Å²) in [5, 5.41) is 0. The predicted molar refractivity (Wildman–Crippen MR) is 89.1 cm³/mol. The number of carbonyl (C=O) groups is 1. The van der Waals surface area contributed by atoms with Crippen molar-refractivity contribution in [2.24, 2.45) is 7.05 Å². The van der Waals surface area contributed by atoms with Gasteiger partial charge in [0.15, 0.2) is 0 Å². The van der Waals surface area contributed by atoms with Crippen LogP contribution in [-0.2, 0) is 22.0 Å². The number of nitrogens with two attached hydrogens (primary N) is 1. The van der Waals surface area contributed by atoms with Crippen molar-refractivity contribution in [2.75, 3.05) is 12.8 Å². The van der Waals surface area contributed by atoms with E-state index in [0.29, 0.717) is 12.1 Å². The van der Waals surface area contributed by atoms with Crippen molar-refractivity contribution in [1.82, 2.24) is 9.55 Å². The highest BCUT2D eigenvalue weighted by molar-refractivity contribution is 9.10. The molecule has 1 aliphatic carbocycles. The molecular weight excluding hydrogens is 362 g/mol. The highest BCUT2D eigenvalue weighted by Gasteiger charge is 2.63. The highest BCUT2D eigenvalue weighted by atomic mass is 79.9. The highest BCUT2D eigenvalue weighted by Crippen LogP contribution is 2.60. The quantitative estimate of drug-likeness (QED) is 0.822. The van der Waals surface area contributed by atoms with Crippen LogP contribution in [0.25, 0.3) is 0 Å². The molecule has 6 nitrogen and oxygen atoms in total. The first kappa shape index (κ1) is 15.7. The first-order valence-corrected chi connectivity index (χ1v) is 7.87. The topological polar surface area (TPSA) is 87.2 Å². The normalized spacial score (nSPS) is 22.7. The molecule has 7 heteroatoms. The lowest BCUT2D eigenvalue weighted by atomic mass is 9.92. The molecule has 0 spiro atoms. The molecule has 0 unspecified atom stereocenters. The summed E-state index contributed by atoms with van der Waals surface area (Å²) in [5.41, 5.74) is 6.10. The number of aromatic nitrogens is 2. The average molecular weight is 378 g/mol. The third-order valence-electron chi connectivity index (χ3n) is 4.42. The van der Waals surface area contributed by atoms with Crippen molar-refractivity contribution in [3.8, 4) is 0 Å². The second-order valence-corrected chi connectivity index (χ2v) is 6.58. The van der Waals surface area contributed by atoms with Crippen LogP contribution in [0.5, 0.6) is 0 Å². The van der Waals surface area contributed by atoms with Gasteiger partial charge in [0.25, 0.3) is 5.56 Å². The van der Waals surface area contributed by atoms with E-state index in [1.165, 1.54) is 17.7 Å². The molecular formula is C16H16BrN3O3. The van der Waals surface area contributed by atoms with Crippen molar-refractivity contribution in [3.63, 3.8) is 0 Å². The first-order valence-electron chi connectivity index (χ1n) is 7.08. The molecule has 2 atom stereocenters. The molecule has 23 heavy (non-hydrogen) atoms. The number of hydrogen-bond acceptors (Lipinski definition) is 5. The number of methoxy groups -OCH3 is 1. The minimum Gasteiger partial charge on any atom is -0.468 e. The van der Waals surface area contributed by atoms with Gasteiger partial charge in [0.1, 0.15) is 5.41 Å². The lowest BCUT2D eigenvalue weighted by Gasteiger charge is -2.16. The minimum absolute atomic E-state index is 0.133. The van der Waals surface area contributed by atoms with E-state index >= 15 is 0 Å². The number of carbonyl (C=O) groups excluding carboxylic acids is 1. The monoisotopic (exact) mass is 377 g/mol. The molecule has 0 saturated heterocycles. The number of rotatable bonds is 3. The Morgan fingerprint density at radius 3 is 2.65 bits per heavy atom. The van der Waals surface area contributed by atoms with E-state index in [1.54, 1.807) is 7.05 Å². The van der Waals surface area contributed by atoms with Gasteiger partial charge < -0.3 is 10.5 Å². The van der Waals surface area contributed by atoms with Gasteiger partial charge >= 0.3 is 5.97 Å². The maximum absolute atomic E-state index is 12.4. The van der Waals surface area contributed by atoms with Crippen molar-refractivity contribution in [2.45, 2.75) is 17.8 Å². The Morgan fingerprint density at radius 2 is 2.09 bits per heavy atom. The van der Waals surface area contributed by atoms with E-state index in [9.17, 15) is 9.59 Å². The molecule has 1 aliphatic rings. The standard InChI is InChI=1S/C16H16BrN3O3/c1-20-13(21)7-12(19-15(20)18)11-8-16(11,14(22)23-2)9-3-5-10(17)6-4-9/h3-7,11H,8H2,1-2H3,(H2,18,19)/t11-,16+/m1/s1. The number of esters is 1. The number of nitrogen functional groups attached to an aromatic ring is 1. The molecule has 1 aromatic heterocycles. The van der Waals surface area contributed by atoms with Gasteiger partial charge in [-0.25, -0.2) is 4.98 Å². The minimum atomic E-state index is -0.804. The van der Waals surface area contributed by atoms with Crippen molar-refractivity contribution in [1.29, 1.82) is 0 Å². The van der Waals surface area contributed by atoms with Gasteiger partial charge in [-0.2, -0.15) is 0 Å². The summed E-state index contributed by atoms with van der Waals surface area (Å²) in [5.74, 6) is -0.410. The lowest BCUT2D eigenvalue weighted by molar-refractivity contribution is -0.143. The van der Waals surface area contributed by atoms with Crippen molar-refractivity contribution >= 4 is 27.8 Å². The lowest BCUT2D eigenvalue weighted by Crippen LogP contribution is -2.26. The maximum Gasteiger partial charge on any atom is 0.316 e. The first-order chi connectivity index (χ1) is 10.9. The van der Waals surface area contributed by atoms with Gasteiger partial charge in [0.05, 0.1) is 12.8 Å². The van der Waals surface area contributed by atoms with Gasteiger partial charge in [0.2, 0.25) is 5.95 Å². The van der Waals surface area contributed by atoms with E-state index in [-0.39, 0.29) is 23.4 Å². The summed E-state index contributed by atoms with van der Waals surface area (Å²) < 4.78 is 7.20. The zero-order valence-corrected chi connectivity index (χ0v) is 14.3. The van der Waals surface area contributed by atoms with Crippen LogP contribution < -0.4 is 11.3 Å². The fourth-order valence-corrected chi connectivity index (χ4v) is 3.23. The third-order valence-corrected chi connectivity index (χ3v) is 4.94. The summed E-state index contributed by atoms with van der Waals surface area (Å²) in [6.45, 7) is 0. The van der Waals surface area contributed by atoms with E-state index in [2.05, 4.69) is 20.9 Å². The Balaban J connectivity index is 2.07. The number of anilines is 1. The van der Waals surface area contributed by atoms with Crippen LogP contribution in [-0.4, -0.2) is 22.6 Å². The van der Waals surface area contributed by atoms with Crippen LogP contribution in [0.3, 0.4) is 0 Å². The van der Waals surface area contributed by atoms with Gasteiger partial charge in [-0.05, 0) is 24.1 Å². The number of nitrogens with zero attached hydrogens (tertiary/aromatic N) is 2. The van der Waals surface area contributed by atoms with Crippen LogP contribution in [0.15, 0.2) is 39.6 Å². The fourth-order valence-electron chi connectivity index (χ4n) is 2.97. The molecule has 3 rings (SSSR count). The largest absolute Gasteiger partial charge is 0.468 e. The number of benzene rings is 1. The van der Waals surface area contributed by atoms with E-state index in [1.807, 2.05) is 24.3 Å². The Bertz CT molecular complexity index is 831. The number of halogens is 1. The van der Waals surface area contributed by atoms with Crippen LogP contribution in [0.4, 0.5) is 5.95 Å². The molecule has 0 aliphatic heterocycles. The number of hydrogen-bond donors (Lipinski definition) is 1. The fraction of sp³-hybridized carbons (Fsp3) is 0.312. The second-order valence-electron chi connectivity index (χ2n) is 5.66. The summed E-state index contributed by atoms with van der Waals surface area (Å²) in [6.07, 6.45) is 0.543. The van der Waals surface area contributed by atoms with Crippen molar-refractivity contribution < 1.29 is 9.53 Å². The molecule has 120 valence electrons. The molecule has 2 aromatic rings. The smallest absolute Gasteiger partial charge is 0.316 e. The van der Waals surface area contributed by atoms with Gasteiger partial charge in [0, 0.05) is 23.5 Å². The van der Waals surface area contributed by atoms with Crippen molar-refractivity contribution in [3.05, 3.63) is 56.4 Å². The summed E-state index contributed by atoms with van der Waals surface area (Å²) in [7, 11) is 2.92. The molecule has 0 radical (unpaired) electrons. The molecule has 0 amide bonds. The molecule has 2 N–H and O–H groups in total. The van der Waals surface area contributed by atoms with Gasteiger partial charge in [-0.3, -0.25) is 14.2 Å². The molecule has 1 aromatic carbocycles. The van der Waals surface area contributed by atoms with E-state index < -0.39 is 5.41 Å². The molecule has 1 heterocycles. The zero-order valence-electron chi connectivity index (χ0n) is 12.7. The maximum atomic E-state index is 12.4. The Kier molecular flexibility index (Phi) is 3.75. The molecule has 1 saturated carbocycles. The predicted octanol–water partition coefficient (Wildman–Crippen LogP) is 1.72.